The van der Waals surface area contributed by atoms with Crippen LogP contribution in [0.15, 0.2) is 30.3 Å². The van der Waals surface area contributed by atoms with Crippen LogP contribution in [0.1, 0.15) is 27.0 Å². The summed E-state index contributed by atoms with van der Waals surface area (Å²) in [5.41, 5.74) is 3.46. The highest BCUT2D eigenvalue weighted by molar-refractivity contribution is 5.94. The van der Waals surface area contributed by atoms with Crippen molar-refractivity contribution < 1.29 is 23.7 Å². The molecule has 0 aromatic heterocycles. The van der Waals surface area contributed by atoms with Crippen molar-refractivity contribution in [3.05, 3.63) is 52.6 Å². The zero-order valence-corrected chi connectivity index (χ0v) is 14.6. The molecule has 24 heavy (non-hydrogen) atoms. The van der Waals surface area contributed by atoms with E-state index in [4.69, 9.17) is 18.9 Å². The number of ether oxygens (including phenoxy) is 4. The van der Waals surface area contributed by atoms with Gasteiger partial charge in [-0.25, -0.2) is 4.79 Å². The molecule has 0 bridgehead atoms. The maximum absolute atomic E-state index is 12.5. The predicted octanol–water partition coefficient (Wildman–Crippen LogP) is 3.69. The lowest BCUT2D eigenvalue weighted by atomic mass is 10.1. The van der Waals surface area contributed by atoms with Crippen molar-refractivity contribution in [3.63, 3.8) is 0 Å². The highest BCUT2D eigenvalue weighted by Gasteiger charge is 2.21. The van der Waals surface area contributed by atoms with Crippen molar-refractivity contribution in [2.75, 3.05) is 21.3 Å². The van der Waals surface area contributed by atoms with Crippen LogP contribution >= 0.6 is 0 Å². The van der Waals surface area contributed by atoms with Crippen LogP contribution in [0.5, 0.6) is 17.2 Å². The summed E-state index contributed by atoms with van der Waals surface area (Å²) in [5.74, 6) is 0.665. The maximum atomic E-state index is 12.5. The minimum absolute atomic E-state index is 0.198. The quantitative estimate of drug-likeness (QED) is 0.756. The van der Waals surface area contributed by atoms with Gasteiger partial charge >= 0.3 is 5.97 Å². The van der Waals surface area contributed by atoms with Gasteiger partial charge in [-0.15, -0.1) is 0 Å². The van der Waals surface area contributed by atoms with Crippen molar-refractivity contribution in [2.45, 2.75) is 20.5 Å². The number of hydrogen-bond acceptors (Lipinski definition) is 5. The van der Waals surface area contributed by atoms with Gasteiger partial charge < -0.3 is 18.9 Å². The molecular formula is C19H22O5. The second kappa shape index (κ2) is 7.73. The Kier molecular flexibility index (Phi) is 5.68. The lowest BCUT2D eigenvalue weighted by Crippen LogP contribution is -2.09. The van der Waals surface area contributed by atoms with Crippen LogP contribution < -0.4 is 14.2 Å². The smallest absolute Gasteiger partial charge is 0.342 e. The van der Waals surface area contributed by atoms with Gasteiger partial charge in [0.25, 0.3) is 0 Å². The molecule has 0 heterocycles. The van der Waals surface area contributed by atoms with E-state index in [0.717, 1.165) is 16.7 Å². The lowest BCUT2D eigenvalue weighted by Gasteiger charge is -2.15. The van der Waals surface area contributed by atoms with E-state index in [1.165, 1.54) is 21.3 Å². The summed E-state index contributed by atoms with van der Waals surface area (Å²) in [6.07, 6.45) is 0. The van der Waals surface area contributed by atoms with Crippen molar-refractivity contribution in [2.24, 2.45) is 0 Å². The first-order chi connectivity index (χ1) is 11.5. The molecule has 2 aromatic carbocycles. The fourth-order valence-corrected chi connectivity index (χ4v) is 2.44. The van der Waals surface area contributed by atoms with Gasteiger partial charge in [0.15, 0.2) is 11.5 Å². The van der Waals surface area contributed by atoms with Crippen LogP contribution in [0.4, 0.5) is 0 Å². The molecular weight excluding hydrogens is 308 g/mol. The molecule has 0 aliphatic heterocycles. The van der Waals surface area contributed by atoms with Gasteiger partial charge in [-0.05, 0) is 37.1 Å². The van der Waals surface area contributed by atoms with E-state index < -0.39 is 5.97 Å². The first-order valence-electron chi connectivity index (χ1n) is 7.54. The molecule has 0 saturated carbocycles. The van der Waals surface area contributed by atoms with Crippen molar-refractivity contribution in [1.29, 1.82) is 0 Å². The number of benzene rings is 2. The normalized spacial score (nSPS) is 10.2. The zero-order valence-electron chi connectivity index (χ0n) is 14.6. The van der Waals surface area contributed by atoms with E-state index in [2.05, 4.69) is 0 Å². The highest BCUT2D eigenvalue weighted by Crippen LogP contribution is 2.40. The molecule has 0 fully saturated rings. The molecule has 2 rings (SSSR count). The highest BCUT2D eigenvalue weighted by atomic mass is 16.5. The largest absolute Gasteiger partial charge is 0.493 e. The molecule has 5 nitrogen and oxygen atoms in total. The third-order valence-electron chi connectivity index (χ3n) is 3.79. The number of hydrogen-bond donors (Lipinski definition) is 0. The predicted molar refractivity (Wildman–Crippen MR) is 91.1 cm³/mol. The topological polar surface area (TPSA) is 54.0 Å². The molecule has 2 aromatic rings. The Balaban J connectivity index is 2.25. The molecule has 0 saturated heterocycles. The van der Waals surface area contributed by atoms with E-state index in [-0.39, 0.29) is 6.61 Å². The third-order valence-corrected chi connectivity index (χ3v) is 3.79. The Labute approximate surface area is 142 Å². The molecule has 0 amide bonds. The summed E-state index contributed by atoms with van der Waals surface area (Å²) in [6.45, 7) is 4.19. The summed E-state index contributed by atoms with van der Waals surface area (Å²) in [6, 6.07) is 9.30. The Morgan fingerprint density at radius 2 is 1.62 bits per heavy atom. The average molecular weight is 330 g/mol. The van der Waals surface area contributed by atoms with Gasteiger partial charge in [-0.2, -0.15) is 0 Å². The molecule has 0 atom stereocenters. The lowest BCUT2D eigenvalue weighted by molar-refractivity contribution is 0.0467. The summed E-state index contributed by atoms with van der Waals surface area (Å²) >= 11 is 0. The molecule has 0 spiro atoms. The third kappa shape index (κ3) is 3.62. The summed E-state index contributed by atoms with van der Waals surface area (Å²) in [7, 11) is 4.49. The van der Waals surface area contributed by atoms with Gasteiger partial charge in [-0.1, -0.05) is 23.8 Å². The van der Waals surface area contributed by atoms with Crippen molar-refractivity contribution >= 4 is 5.97 Å². The zero-order chi connectivity index (χ0) is 17.7. The van der Waals surface area contributed by atoms with Crippen LogP contribution in [0.2, 0.25) is 0 Å². The van der Waals surface area contributed by atoms with Crippen molar-refractivity contribution in [3.8, 4) is 17.2 Å². The minimum atomic E-state index is -0.478. The van der Waals surface area contributed by atoms with Gasteiger partial charge in [0.1, 0.15) is 12.2 Å². The fraction of sp³-hybridized carbons (Fsp3) is 0.316. The van der Waals surface area contributed by atoms with E-state index in [1.54, 1.807) is 12.1 Å². The second-order valence-corrected chi connectivity index (χ2v) is 5.39. The van der Waals surface area contributed by atoms with Crippen LogP contribution in [-0.2, 0) is 11.3 Å². The van der Waals surface area contributed by atoms with E-state index in [9.17, 15) is 4.79 Å². The molecule has 0 aliphatic carbocycles. The van der Waals surface area contributed by atoms with Crippen LogP contribution in [0.3, 0.4) is 0 Å². The second-order valence-electron chi connectivity index (χ2n) is 5.39. The van der Waals surface area contributed by atoms with E-state index >= 15 is 0 Å². The Hall–Kier alpha value is -2.69. The summed E-state index contributed by atoms with van der Waals surface area (Å²) in [4.78, 5) is 12.5. The maximum Gasteiger partial charge on any atom is 0.342 e. The first kappa shape index (κ1) is 17.7. The number of carbonyl (C=O) groups excluding carboxylic acids is 1. The number of carbonyl (C=O) groups is 1. The monoisotopic (exact) mass is 330 g/mol. The summed E-state index contributed by atoms with van der Waals surface area (Å²) in [5, 5.41) is 0. The summed E-state index contributed by atoms with van der Waals surface area (Å²) < 4.78 is 21.3. The first-order valence-corrected chi connectivity index (χ1v) is 7.54. The van der Waals surface area contributed by atoms with Gasteiger partial charge in [-0.3, -0.25) is 0 Å². The molecule has 0 N–H and O–H groups in total. The van der Waals surface area contributed by atoms with Crippen LogP contribution in [0, 0.1) is 13.8 Å². The van der Waals surface area contributed by atoms with Gasteiger partial charge in [0.2, 0.25) is 5.75 Å². The van der Waals surface area contributed by atoms with Gasteiger partial charge in [0, 0.05) is 0 Å². The Bertz CT molecular complexity index is 737. The molecule has 5 heteroatoms. The molecule has 0 radical (unpaired) electrons. The number of methoxy groups -OCH3 is 3. The number of aryl methyl sites for hydroxylation is 2. The Morgan fingerprint density at radius 3 is 2.25 bits per heavy atom. The molecule has 0 aliphatic rings. The van der Waals surface area contributed by atoms with Gasteiger partial charge in [0.05, 0.1) is 21.3 Å². The number of esters is 1. The molecule has 0 unspecified atom stereocenters. The van der Waals surface area contributed by atoms with Crippen molar-refractivity contribution in [1.82, 2.24) is 0 Å². The molecule has 128 valence electrons. The number of rotatable bonds is 6. The average Bonchev–Trinajstić information content (AvgIpc) is 2.60. The van der Waals surface area contributed by atoms with E-state index in [1.807, 2.05) is 32.0 Å². The minimum Gasteiger partial charge on any atom is -0.493 e. The SMILES string of the molecule is COc1ccc(C(=O)OCc2cc(C)ccc2C)c(OC)c1OC. The fourth-order valence-electron chi connectivity index (χ4n) is 2.44. The van der Waals surface area contributed by atoms with E-state index in [0.29, 0.717) is 22.8 Å². The van der Waals surface area contributed by atoms with Crippen LogP contribution in [0.25, 0.3) is 0 Å². The van der Waals surface area contributed by atoms with Crippen LogP contribution in [-0.4, -0.2) is 27.3 Å². The Morgan fingerprint density at radius 1 is 0.917 bits per heavy atom. The standard InChI is InChI=1S/C19H22O5/c1-12-6-7-13(2)14(10-12)11-24-19(20)15-8-9-16(21-3)18(23-5)17(15)22-4/h6-10H,11H2,1-5H3.